The highest BCUT2D eigenvalue weighted by atomic mass is 35.5. The van der Waals surface area contributed by atoms with Gasteiger partial charge in [0.2, 0.25) is 0 Å². The van der Waals surface area contributed by atoms with E-state index in [1.165, 1.54) is 4.90 Å². The van der Waals surface area contributed by atoms with E-state index >= 15 is 0 Å². The molecule has 1 saturated heterocycles. The monoisotopic (exact) mass is 330 g/mol. The number of rotatable bonds is 2. The van der Waals surface area contributed by atoms with E-state index in [2.05, 4.69) is 26.1 Å². The average Bonchev–Trinajstić information content (AvgIpc) is 2.74. The summed E-state index contributed by atoms with van der Waals surface area (Å²) < 4.78 is 0. The maximum Gasteiger partial charge on any atom is 0.407 e. The second-order valence-corrected chi connectivity index (χ2v) is 7.28. The van der Waals surface area contributed by atoms with Crippen molar-refractivity contribution in [3.05, 3.63) is 33.8 Å². The number of hydrogen-bond acceptors (Lipinski definition) is 2. The van der Waals surface area contributed by atoms with Gasteiger partial charge in [0.15, 0.2) is 0 Å². The lowest BCUT2D eigenvalue weighted by Crippen LogP contribution is -2.47. The summed E-state index contributed by atoms with van der Waals surface area (Å²) in [5.41, 5.74) is 0.920. The Morgan fingerprint density at radius 1 is 1.29 bits per heavy atom. The average molecular weight is 331 g/mol. The van der Waals surface area contributed by atoms with Crippen LogP contribution in [0.15, 0.2) is 18.2 Å². The molecule has 0 unspecified atom stereocenters. The molecule has 1 aliphatic heterocycles. The van der Waals surface area contributed by atoms with Crippen molar-refractivity contribution in [3.63, 3.8) is 0 Å². The normalized spacial score (nSPS) is 22.6. The van der Waals surface area contributed by atoms with Crippen LogP contribution in [0.4, 0.5) is 4.79 Å². The van der Waals surface area contributed by atoms with Crippen LogP contribution >= 0.6 is 23.2 Å². The van der Waals surface area contributed by atoms with E-state index in [1.807, 2.05) is 12.1 Å². The molecule has 2 N–H and O–H groups in total. The summed E-state index contributed by atoms with van der Waals surface area (Å²) in [6.07, 6.45) is -0.890. The zero-order valence-electron chi connectivity index (χ0n) is 12.4. The second-order valence-electron chi connectivity index (χ2n) is 6.47. The fourth-order valence-electron chi connectivity index (χ4n) is 2.74. The van der Waals surface area contributed by atoms with Crippen molar-refractivity contribution >= 4 is 29.3 Å². The Morgan fingerprint density at radius 3 is 2.48 bits per heavy atom. The predicted molar refractivity (Wildman–Crippen MR) is 85.5 cm³/mol. The van der Waals surface area contributed by atoms with Gasteiger partial charge in [0.25, 0.3) is 0 Å². The molecule has 0 saturated carbocycles. The Balaban J connectivity index is 2.28. The number of nitrogens with one attached hydrogen (secondary N) is 1. The molecule has 1 aliphatic rings. The molecule has 0 aromatic heterocycles. The standard InChI is InChI=1S/C15H20Cl2N2O2/c1-15(2,3)18-13-8-19(14(20)21)7-10(13)9-4-5-11(16)12(17)6-9/h4-6,10,13,18H,7-8H2,1-3H3,(H,20,21)/t10-,13+/m1/s1. The largest absolute Gasteiger partial charge is 0.465 e. The van der Waals surface area contributed by atoms with Crippen molar-refractivity contribution in [1.82, 2.24) is 10.2 Å². The van der Waals surface area contributed by atoms with Crippen LogP contribution in [0.25, 0.3) is 0 Å². The van der Waals surface area contributed by atoms with Crippen LogP contribution in [0.1, 0.15) is 32.3 Å². The maximum atomic E-state index is 11.3. The van der Waals surface area contributed by atoms with Gasteiger partial charge < -0.3 is 15.3 Å². The number of carboxylic acid groups (broad SMARTS) is 1. The predicted octanol–water partition coefficient (Wildman–Crippen LogP) is 3.83. The Morgan fingerprint density at radius 2 is 1.95 bits per heavy atom. The third kappa shape index (κ3) is 4.02. The zero-order valence-corrected chi connectivity index (χ0v) is 13.9. The molecular formula is C15H20Cl2N2O2. The van der Waals surface area contributed by atoms with Crippen LogP contribution in [0.3, 0.4) is 0 Å². The number of halogens is 2. The van der Waals surface area contributed by atoms with Gasteiger partial charge in [0.05, 0.1) is 10.0 Å². The first-order valence-corrected chi connectivity index (χ1v) is 7.63. The Bertz CT molecular complexity index is 543. The van der Waals surface area contributed by atoms with Crippen LogP contribution in [0, 0.1) is 0 Å². The van der Waals surface area contributed by atoms with Crippen molar-refractivity contribution in [3.8, 4) is 0 Å². The van der Waals surface area contributed by atoms with E-state index in [4.69, 9.17) is 23.2 Å². The minimum Gasteiger partial charge on any atom is -0.465 e. The van der Waals surface area contributed by atoms with E-state index in [9.17, 15) is 9.90 Å². The third-order valence-corrected chi connectivity index (χ3v) is 4.32. The first-order chi connectivity index (χ1) is 9.67. The molecule has 1 heterocycles. The highest BCUT2D eigenvalue weighted by molar-refractivity contribution is 6.42. The molecule has 0 radical (unpaired) electrons. The fraction of sp³-hybridized carbons (Fsp3) is 0.533. The number of amides is 1. The number of carbonyl (C=O) groups is 1. The van der Waals surface area contributed by atoms with Crippen molar-refractivity contribution in [1.29, 1.82) is 0 Å². The molecule has 2 rings (SSSR count). The molecule has 0 bridgehead atoms. The Labute approximate surface area is 135 Å². The molecule has 1 aromatic carbocycles. The smallest absolute Gasteiger partial charge is 0.407 e. The molecule has 4 nitrogen and oxygen atoms in total. The van der Waals surface area contributed by atoms with E-state index in [1.54, 1.807) is 6.07 Å². The van der Waals surface area contributed by atoms with Gasteiger partial charge in [0, 0.05) is 30.6 Å². The van der Waals surface area contributed by atoms with Gasteiger partial charge in [-0.25, -0.2) is 4.79 Å². The van der Waals surface area contributed by atoms with Crippen LogP contribution in [-0.2, 0) is 0 Å². The summed E-state index contributed by atoms with van der Waals surface area (Å²) in [7, 11) is 0. The molecule has 1 fully saturated rings. The van der Waals surface area contributed by atoms with E-state index < -0.39 is 6.09 Å². The van der Waals surface area contributed by atoms with Crippen LogP contribution in [0.5, 0.6) is 0 Å². The van der Waals surface area contributed by atoms with E-state index in [-0.39, 0.29) is 17.5 Å². The Kier molecular flexibility index (Phi) is 4.71. The van der Waals surface area contributed by atoms with Crippen LogP contribution in [-0.4, -0.2) is 40.8 Å². The van der Waals surface area contributed by atoms with E-state index in [0.717, 1.165) is 5.56 Å². The van der Waals surface area contributed by atoms with Crippen LogP contribution < -0.4 is 5.32 Å². The van der Waals surface area contributed by atoms with E-state index in [0.29, 0.717) is 23.1 Å². The third-order valence-electron chi connectivity index (χ3n) is 3.58. The summed E-state index contributed by atoms with van der Waals surface area (Å²) in [5.74, 6) is 0.0649. The number of nitrogens with zero attached hydrogens (tertiary/aromatic N) is 1. The molecule has 2 atom stereocenters. The fourth-order valence-corrected chi connectivity index (χ4v) is 3.05. The first kappa shape index (κ1) is 16.4. The molecule has 0 spiro atoms. The number of likely N-dealkylation sites (tertiary alicyclic amines) is 1. The van der Waals surface area contributed by atoms with Gasteiger partial charge in [-0.05, 0) is 38.5 Å². The minimum absolute atomic E-state index is 0.0540. The highest BCUT2D eigenvalue weighted by Gasteiger charge is 2.37. The van der Waals surface area contributed by atoms with Crippen molar-refractivity contribution in [2.45, 2.75) is 38.3 Å². The molecule has 1 amide bonds. The SMILES string of the molecule is CC(C)(C)N[C@H]1CN(C(=O)O)C[C@@H]1c1ccc(Cl)c(Cl)c1. The van der Waals surface area contributed by atoms with Gasteiger partial charge >= 0.3 is 6.09 Å². The van der Waals surface area contributed by atoms with Gasteiger partial charge in [-0.15, -0.1) is 0 Å². The quantitative estimate of drug-likeness (QED) is 0.866. The molecular weight excluding hydrogens is 311 g/mol. The highest BCUT2D eigenvalue weighted by Crippen LogP contribution is 2.32. The summed E-state index contributed by atoms with van der Waals surface area (Å²) >= 11 is 12.0. The van der Waals surface area contributed by atoms with Gasteiger partial charge in [-0.2, -0.15) is 0 Å². The zero-order chi connectivity index (χ0) is 15.8. The molecule has 0 aliphatic carbocycles. The molecule has 21 heavy (non-hydrogen) atoms. The maximum absolute atomic E-state index is 11.3. The first-order valence-electron chi connectivity index (χ1n) is 6.88. The van der Waals surface area contributed by atoms with Crippen molar-refractivity contribution in [2.75, 3.05) is 13.1 Å². The summed E-state index contributed by atoms with van der Waals surface area (Å²) in [4.78, 5) is 12.7. The van der Waals surface area contributed by atoms with Crippen LogP contribution in [0.2, 0.25) is 10.0 Å². The summed E-state index contributed by atoms with van der Waals surface area (Å²) in [6, 6.07) is 5.56. The minimum atomic E-state index is -0.890. The lowest BCUT2D eigenvalue weighted by Gasteiger charge is -2.29. The Hall–Kier alpha value is -0.970. The summed E-state index contributed by atoms with van der Waals surface area (Å²) in [5, 5.41) is 13.8. The van der Waals surface area contributed by atoms with Gasteiger partial charge in [0.1, 0.15) is 0 Å². The molecule has 6 heteroatoms. The second kappa shape index (κ2) is 6.03. The number of hydrogen-bond donors (Lipinski definition) is 2. The molecule has 1 aromatic rings. The lowest BCUT2D eigenvalue weighted by atomic mass is 9.92. The number of benzene rings is 1. The van der Waals surface area contributed by atoms with Crippen molar-refractivity contribution < 1.29 is 9.90 Å². The summed E-state index contributed by atoms with van der Waals surface area (Å²) in [6.45, 7) is 7.14. The lowest BCUT2D eigenvalue weighted by molar-refractivity contribution is 0.153. The molecule has 116 valence electrons. The van der Waals surface area contributed by atoms with Gasteiger partial charge in [-0.1, -0.05) is 29.3 Å². The van der Waals surface area contributed by atoms with Crippen molar-refractivity contribution in [2.24, 2.45) is 0 Å². The van der Waals surface area contributed by atoms with Gasteiger partial charge in [-0.3, -0.25) is 0 Å². The topological polar surface area (TPSA) is 52.6 Å².